The zero-order chi connectivity index (χ0) is 12.0. The number of hydrogen-bond donors (Lipinski definition) is 2. The molecule has 2 nitrogen and oxygen atoms in total. The summed E-state index contributed by atoms with van der Waals surface area (Å²) in [5, 5.41) is 12.8. The van der Waals surface area contributed by atoms with Gasteiger partial charge in [-0.15, -0.1) is 0 Å². The van der Waals surface area contributed by atoms with Crippen LogP contribution in [0.1, 0.15) is 25.8 Å². The van der Waals surface area contributed by atoms with E-state index in [4.69, 9.17) is 0 Å². The quantitative estimate of drug-likeness (QED) is 0.728. The Morgan fingerprint density at radius 2 is 2.12 bits per heavy atom. The predicted octanol–water partition coefficient (Wildman–Crippen LogP) is 2.32. The zero-order valence-electron chi connectivity index (χ0n) is 9.91. The maximum absolute atomic E-state index is 12.8. The van der Waals surface area contributed by atoms with E-state index in [1.165, 1.54) is 12.1 Å². The molecule has 0 bridgehead atoms. The highest BCUT2D eigenvalue weighted by Gasteiger charge is 2.07. The topological polar surface area (TPSA) is 32.3 Å². The second-order valence-electron chi connectivity index (χ2n) is 4.41. The second kappa shape index (κ2) is 6.61. The normalized spacial score (nSPS) is 13.1. The van der Waals surface area contributed by atoms with Gasteiger partial charge in [-0.3, -0.25) is 0 Å². The minimum absolute atomic E-state index is 0.207. The van der Waals surface area contributed by atoms with Crippen LogP contribution in [0.25, 0.3) is 0 Å². The van der Waals surface area contributed by atoms with Gasteiger partial charge in [-0.1, -0.05) is 26.0 Å². The zero-order valence-corrected chi connectivity index (χ0v) is 9.91. The molecule has 0 spiro atoms. The third kappa shape index (κ3) is 4.73. The van der Waals surface area contributed by atoms with E-state index in [-0.39, 0.29) is 17.8 Å². The molecule has 16 heavy (non-hydrogen) atoms. The summed E-state index contributed by atoms with van der Waals surface area (Å²) >= 11 is 0. The lowest BCUT2D eigenvalue weighted by Crippen LogP contribution is -2.23. The van der Waals surface area contributed by atoms with Crippen LogP contribution in [0.15, 0.2) is 24.3 Å². The van der Waals surface area contributed by atoms with Gasteiger partial charge >= 0.3 is 0 Å². The molecule has 0 fully saturated rings. The molecule has 0 aliphatic carbocycles. The first-order chi connectivity index (χ1) is 7.59. The van der Waals surface area contributed by atoms with Gasteiger partial charge < -0.3 is 10.4 Å². The van der Waals surface area contributed by atoms with Crippen molar-refractivity contribution in [3.05, 3.63) is 35.6 Å². The number of hydrogen-bond acceptors (Lipinski definition) is 2. The van der Waals surface area contributed by atoms with E-state index < -0.39 is 0 Å². The molecular formula is C13H20FNO. The third-order valence-corrected chi connectivity index (χ3v) is 2.60. The van der Waals surface area contributed by atoms with Gasteiger partial charge in [0.15, 0.2) is 0 Å². The molecule has 0 saturated carbocycles. The maximum atomic E-state index is 12.8. The fourth-order valence-electron chi connectivity index (χ4n) is 1.46. The standard InChI is InChI=1S/C13H20FNO/c1-10(2)13(16)6-7-15-9-11-4-3-5-12(14)8-11/h3-5,8,10,13,15-16H,6-7,9H2,1-2H3. The van der Waals surface area contributed by atoms with Gasteiger partial charge in [-0.05, 0) is 36.6 Å². The third-order valence-electron chi connectivity index (χ3n) is 2.60. The van der Waals surface area contributed by atoms with E-state index in [0.29, 0.717) is 6.54 Å². The van der Waals surface area contributed by atoms with Crippen LogP contribution in [0.3, 0.4) is 0 Å². The van der Waals surface area contributed by atoms with E-state index in [2.05, 4.69) is 5.32 Å². The molecule has 1 unspecified atom stereocenters. The molecule has 3 heteroatoms. The van der Waals surface area contributed by atoms with Crippen LogP contribution in [0.5, 0.6) is 0 Å². The molecule has 0 amide bonds. The van der Waals surface area contributed by atoms with Crippen LogP contribution in [0.4, 0.5) is 4.39 Å². The molecule has 0 saturated heterocycles. The number of rotatable bonds is 6. The number of halogens is 1. The summed E-state index contributed by atoms with van der Waals surface area (Å²) in [6, 6.07) is 6.54. The summed E-state index contributed by atoms with van der Waals surface area (Å²) in [7, 11) is 0. The summed E-state index contributed by atoms with van der Waals surface area (Å²) < 4.78 is 12.8. The summed E-state index contributed by atoms with van der Waals surface area (Å²) in [5.74, 6) is 0.0810. The fraction of sp³-hybridized carbons (Fsp3) is 0.538. The van der Waals surface area contributed by atoms with Gasteiger partial charge in [-0.2, -0.15) is 0 Å². The second-order valence-corrected chi connectivity index (χ2v) is 4.41. The summed E-state index contributed by atoms with van der Waals surface area (Å²) in [4.78, 5) is 0. The minimum Gasteiger partial charge on any atom is -0.393 e. The number of nitrogens with one attached hydrogen (secondary N) is 1. The van der Waals surface area contributed by atoms with Crippen molar-refractivity contribution in [2.24, 2.45) is 5.92 Å². The van der Waals surface area contributed by atoms with Crippen molar-refractivity contribution in [1.29, 1.82) is 0 Å². The minimum atomic E-state index is -0.264. The van der Waals surface area contributed by atoms with Crippen molar-refractivity contribution in [3.63, 3.8) is 0 Å². The molecule has 0 aliphatic rings. The number of aliphatic hydroxyl groups excluding tert-OH is 1. The van der Waals surface area contributed by atoms with E-state index >= 15 is 0 Å². The molecule has 1 atom stereocenters. The van der Waals surface area contributed by atoms with Crippen LogP contribution in [0.2, 0.25) is 0 Å². The molecule has 0 aliphatic heterocycles. The molecule has 0 radical (unpaired) electrons. The van der Waals surface area contributed by atoms with Crippen molar-refractivity contribution in [1.82, 2.24) is 5.32 Å². The monoisotopic (exact) mass is 225 g/mol. The maximum Gasteiger partial charge on any atom is 0.123 e. The average Bonchev–Trinajstić information content (AvgIpc) is 2.24. The Labute approximate surface area is 96.5 Å². The van der Waals surface area contributed by atoms with Crippen molar-refractivity contribution < 1.29 is 9.50 Å². The van der Waals surface area contributed by atoms with Crippen LogP contribution in [0, 0.1) is 11.7 Å². The lowest BCUT2D eigenvalue weighted by molar-refractivity contribution is 0.116. The van der Waals surface area contributed by atoms with Gasteiger partial charge in [0.05, 0.1) is 6.10 Å². The first kappa shape index (κ1) is 13.1. The molecule has 1 aromatic carbocycles. The van der Waals surface area contributed by atoms with Crippen molar-refractivity contribution in [2.75, 3.05) is 6.54 Å². The first-order valence-corrected chi connectivity index (χ1v) is 5.73. The Balaban J connectivity index is 2.21. The average molecular weight is 225 g/mol. The van der Waals surface area contributed by atoms with Crippen molar-refractivity contribution in [2.45, 2.75) is 32.9 Å². The van der Waals surface area contributed by atoms with E-state index in [1.54, 1.807) is 6.07 Å². The van der Waals surface area contributed by atoms with Gasteiger partial charge in [0.2, 0.25) is 0 Å². The molecule has 90 valence electrons. The Morgan fingerprint density at radius 3 is 2.75 bits per heavy atom. The van der Waals surface area contributed by atoms with Crippen LogP contribution in [-0.2, 0) is 6.54 Å². The van der Waals surface area contributed by atoms with Crippen molar-refractivity contribution in [3.8, 4) is 0 Å². The highest BCUT2D eigenvalue weighted by molar-refractivity contribution is 5.15. The van der Waals surface area contributed by atoms with Gasteiger partial charge in [0.25, 0.3) is 0 Å². The van der Waals surface area contributed by atoms with Crippen LogP contribution in [-0.4, -0.2) is 17.8 Å². The molecule has 0 heterocycles. The Bertz CT molecular complexity index is 315. The van der Waals surface area contributed by atoms with Gasteiger partial charge in [0, 0.05) is 6.54 Å². The molecule has 1 rings (SSSR count). The summed E-state index contributed by atoms with van der Waals surface area (Å²) in [6.45, 7) is 5.38. The summed E-state index contributed by atoms with van der Waals surface area (Å²) in [5.41, 5.74) is 0.930. The number of benzene rings is 1. The van der Waals surface area contributed by atoms with Crippen LogP contribution < -0.4 is 5.32 Å². The Kier molecular flexibility index (Phi) is 5.43. The largest absolute Gasteiger partial charge is 0.393 e. The Hall–Kier alpha value is -0.930. The predicted molar refractivity (Wildman–Crippen MR) is 63.6 cm³/mol. The highest BCUT2D eigenvalue weighted by atomic mass is 19.1. The first-order valence-electron chi connectivity index (χ1n) is 5.73. The number of aliphatic hydroxyl groups is 1. The molecule has 0 aromatic heterocycles. The lowest BCUT2D eigenvalue weighted by Gasteiger charge is -2.14. The van der Waals surface area contributed by atoms with Crippen molar-refractivity contribution >= 4 is 0 Å². The molecular weight excluding hydrogens is 205 g/mol. The van der Waals surface area contributed by atoms with Gasteiger partial charge in [-0.25, -0.2) is 4.39 Å². The fourth-order valence-corrected chi connectivity index (χ4v) is 1.46. The van der Waals surface area contributed by atoms with E-state index in [9.17, 15) is 9.50 Å². The highest BCUT2D eigenvalue weighted by Crippen LogP contribution is 2.05. The smallest absolute Gasteiger partial charge is 0.123 e. The molecule has 2 N–H and O–H groups in total. The van der Waals surface area contributed by atoms with E-state index in [1.807, 2.05) is 19.9 Å². The lowest BCUT2D eigenvalue weighted by atomic mass is 10.0. The summed E-state index contributed by atoms with van der Waals surface area (Å²) in [6.07, 6.45) is 0.465. The van der Waals surface area contributed by atoms with Gasteiger partial charge in [0.1, 0.15) is 5.82 Å². The molecule has 1 aromatic rings. The SMILES string of the molecule is CC(C)C(O)CCNCc1cccc(F)c1. The Morgan fingerprint density at radius 1 is 1.38 bits per heavy atom. The van der Waals surface area contributed by atoms with E-state index in [0.717, 1.165) is 18.5 Å². The van der Waals surface area contributed by atoms with Crippen LogP contribution >= 0.6 is 0 Å².